The zero-order chi connectivity index (χ0) is 11.0. The lowest BCUT2D eigenvalue weighted by Gasteiger charge is -2.47. The second-order valence-corrected chi connectivity index (χ2v) is 10.1. The van der Waals surface area contributed by atoms with Gasteiger partial charge in [0, 0.05) is 0 Å². The molecule has 0 aromatic carbocycles. The van der Waals surface area contributed by atoms with Gasteiger partial charge in [-0.3, -0.25) is 0 Å². The van der Waals surface area contributed by atoms with E-state index >= 15 is 0 Å². The fourth-order valence-electron chi connectivity index (χ4n) is 2.63. The molecule has 1 aliphatic heterocycles. The van der Waals surface area contributed by atoms with Crippen LogP contribution in [-0.2, 0) is 0 Å². The molecule has 1 fully saturated rings. The fourth-order valence-corrected chi connectivity index (χ4v) is 6.55. The first-order valence-corrected chi connectivity index (χ1v) is 7.59. The monoisotopic (exact) mass is 214 g/mol. The van der Waals surface area contributed by atoms with Gasteiger partial charge >= 0.3 is 0 Å². The Morgan fingerprint density at radius 2 is 1.50 bits per heavy atom. The van der Waals surface area contributed by atoms with Crippen LogP contribution in [0.3, 0.4) is 0 Å². The highest BCUT2D eigenvalue weighted by molar-refractivity contribution is 7.60. The molecule has 0 aromatic heterocycles. The molecule has 1 rings (SSSR count). The Bertz CT molecular complexity index is 160. The molecular weight excluding hydrogens is 187 g/mol. The third kappa shape index (κ3) is 2.96. The van der Waals surface area contributed by atoms with E-state index in [9.17, 15) is 0 Å². The van der Waals surface area contributed by atoms with Gasteiger partial charge in [0.05, 0.1) is 0 Å². The topological polar surface area (TPSA) is 0 Å². The lowest BCUT2D eigenvalue weighted by Crippen LogP contribution is -2.34. The van der Waals surface area contributed by atoms with Crippen molar-refractivity contribution in [3.63, 3.8) is 0 Å². The molecule has 1 heteroatoms. The molecule has 0 radical (unpaired) electrons. The van der Waals surface area contributed by atoms with Crippen LogP contribution in [0.25, 0.3) is 0 Å². The summed E-state index contributed by atoms with van der Waals surface area (Å²) in [5, 5.41) is 0.563. The minimum absolute atomic E-state index is 0.236. The highest BCUT2D eigenvalue weighted by atomic mass is 31.1. The Hall–Kier alpha value is 0.430. The Morgan fingerprint density at radius 3 is 1.86 bits per heavy atom. The summed E-state index contributed by atoms with van der Waals surface area (Å²) in [6, 6.07) is 0. The van der Waals surface area contributed by atoms with Crippen molar-refractivity contribution in [2.75, 3.05) is 6.16 Å². The summed E-state index contributed by atoms with van der Waals surface area (Å²) in [6.07, 6.45) is 5.94. The van der Waals surface area contributed by atoms with Crippen molar-refractivity contribution < 1.29 is 0 Å². The molecular formula is C13H27P. The van der Waals surface area contributed by atoms with Gasteiger partial charge in [0.1, 0.15) is 0 Å². The molecule has 0 amide bonds. The number of hydrogen-bond acceptors (Lipinski definition) is 0. The Morgan fingerprint density at radius 1 is 0.929 bits per heavy atom. The second kappa shape index (κ2) is 4.12. The van der Waals surface area contributed by atoms with Crippen LogP contribution in [0.2, 0.25) is 0 Å². The lowest BCUT2D eigenvalue weighted by molar-refractivity contribution is 0.357. The van der Waals surface area contributed by atoms with Gasteiger partial charge in [-0.15, -0.1) is 0 Å². The third-order valence-electron chi connectivity index (χ3n) is 3.36. The summed E-state index contributed by atoms with van der Waals surface area (Å²) in [5.74, 6) is 0. The molecule has 14 heavy (non-hydrogen) atoms. The van der Waals surface area contributed by atoms with Gasteiger partial charge in [-0.25, -0.2) is 0 Å². The minimum atomic E-state index is 0.236. The van der Waals surface area contributed by atoms with Gasteiger partial charge in [0.15, 0.2) is 0 Å². The van der Waals surface area contributed by atoms with Gasteiger partial charge in [-0.05, 0) is 35.2 Å². The van der Waals surface area contributed by atoms with E-state index in [1.807, 2.05) is 0 Å². The first kappa shape index (κ1) is 12.5. The van der Waals surface area contributed by atoms with Crippen molar-refractivity contribution in [2.24, 2.45) is 5.41 Å². The SMILES string of the molecule is CC(C)(C)C1CCCCP1C(C)(C)C. The van der Waals surface area contributed by atoms with Crippen molar-refractivity contribution in [2.45, 2.75) is 71.6 Å². The largest absolute Gasteiger partial charge is 0.0975 e. The van der Waals surface area contributed by atoms with Gasteiger partial charge in [0.2, 0.25) is 0 Å². The molecule has 1 saturated heterocycles. The van der Waals surface area contributed by atoms with E-state index < -0.39 is 0 Å². The van der Waals surface area contributed by atoms with Crippen molar-refractivity contribution in [3.8, 4) is 0 Å². The molecule has 0 saturated carbocycles. The maximum absolute atomic E-state index is 2.45. The first-order valence-electron chi connectivity index (χ1n) is 5.99. The van der Waals surface area contributed by atoms with Crippen LogP contribution in [0.15, 0.2) is 0 Å². The van der Waals surface area contributed by atoms with Gasteiger partial charge in [-0.2, -0.15) is 0 Å². The maximum Gasteiger partial charge on any atom is -0.0156 e. The van der Waals surface area contributed by atoms with E-state index in [4.69, 9.17) is 0 Å². The molecule has 0 nitrogen and oxygen atoms in total. The Kier molecular flexibility index (Phi) is 3.68. The van der Waals surface area contributed by atoms with Crippen molar-refractivity contribution in [3.05, 3.63) is 0 Å². The molecule has 2 unspecified atom stereocenters. The van der Waals surface area contributed by atoms with E-state index in [0.29, 0.717) is 10.6 Å². The predicted octanol–water partition coefficient (Wildman–Crippen LogP) is 4.87. The zero-order valence-electron chi connectivity index (χ0n) is 10.9. The minimum Gasteiger partial charge on any atom is -0.0975 e. The molecule has 0 spiro atoms. The molecule has 0 bridgehead atoms. The number of rotatable bonds is 0. The molecule has 2 atom stereocenters. The first-order chi connectivity index (χ1) is 6.23. The summed E-state index contributed by atoms with van der Waals surface area (Å²) in [6.45, 7) is 14.6. The van der Waals surface area contributed by atoms with Crippen LogP contribution in [0.1, 0.15) is 60.8 Å². The normalized spacial score (nSPS) is 30.4. The summed E-state index contributed by atoms with van der Waals surface area (Å²) in [5.41, 5.74) is 1.52. The van der Waals surface area contributed by atoms with Crippen LogP contribution < -0.4 is 0 Å². The molecule has 1 heterocycles. The van der Waals surface area contributed by atoms with Crippen molar-refractivity contribution in [1.82, 2.24) is 0 Å². The fraction of sp³-hybridized carbons (Fsp3) is 1.00. The maximum atomic E-state index is 2.45. The van der Waals surface area contributed by atoms with E-state index in [0.717, 1.165) is 5.66 Å². The molecule has 0 N–H and O–H groups in total. The summed E-state index contributed by atoms with van der Waals surface area (Å²) in [4.78, 5) is 0. The van der Waals surface area contributed by atoms with Crippen LogP contribution in [0, 0.1) is 5.41 Å². The quantitative estimate of drug-likeness (QED) is 0.505. The average molecular weight is 214 g/mol. The lowest BCUT2D eigenvalue weighted by atomic mass is 9.88. The van der Waals surface area contributed by atoms with Crippen LogP contribution in [0.4, 0.5) is 0 Å². The number of hydrogen-bond donors (Lipinski definition) is 0. The average Bonchev–Trinajstić information content (AvgIpc) is 2.01. The summed E-state index contributed by atoms with van der Waals surface area (Å²) < 4.78 is 0. The molecule has 1 aliphatic rings. The van der Waals surface area contributed by atoms with Crippen LogP contribution in [-0.4, -0.2) is 17.0 Å². The van der Waals surface area contributed by atoms with Gasteiger partial charge in [0.25, 0.3) is 0 Å². The van der Waals surface area contributed by atoms with Crippen molar-refractivity contribution in [1.29, 1.82) is 0 Å². The highest BCUT2D eigenvalue weighted by Crippen LogP contribution is 2.62. The highest BCUT2D eigenvalue weighted by Gasteiger charge is 2.39. The smallest absolute Gasteiger partial charge is 0.0156 e. The second-order valence-electron chi connectivity index (χ2n) is 6.74. The summed E-state index contributed by atoms with van der Waals surface area (Å²) >= 11 is 0. The van der Waals surface area contributed by atoms with Crippen molar-refractivity contribution >= 4 is 7.92 Å². The van der Waals surface area contributed by atoms with Crippen LogP contribution in [0.5, 0.6) is 0 Å². The van der Waals surface area contributed by atoms with E-state index in [-0.39, 0.29) is 7.92 Å². The van der Waals surface area contributed by atoms with Crippen LogP contribution >= 0.6 is 7.92 Å². The Balaban J connectivity index is 2.80. The Labute approximate surface area is 91.6 Å². The van der Waals surface area contributed by atoms with E-state index in [1.54, 1.807) is 0 Å². The third-order valence-corrected chi connectivity index (χ3v) is 7.67. The predicted molar refractivity (Wildman–Crippen MR) is 68.6 cm³/mol. The zero-order valence-corrected chi connectivity index (χ0v) is 11.7. The van der Waals surface area contributed by atoms with Gasteiger partial charge in [-0.1, -0.05) is 55.9 Å². The van der Waals surface area contributed by atoms with Gasteiger partial charge < -0.3 is 0 Å². The van der Waals surface area contributed by atoms with E-state index in [1.165, 1.54) is 25.4 Å². The molecule has 0 aliphatic carbocycles. The van der Waals surface area contributed by atoms with E-state index in [2.05, 4.69) is 41.5 Å². The molecule has 84 valence electrons. The standard InChI is InChI=1S/C13H27P/c1-12(2,3)11-9-7-8-10-14(11)13(4,5)6/h11H,7-10H2,1-6H3. The summed E-state index contributed by atoms with van der Waals surface area (Å²) in [7, 11) is 0.236. The molecule has 0 aromatic rings.